The molecule has 0 aliphatic carbocycles. The summed E-state index contributed by atoms with van der Waals surface area (Å²) >= 11 is 3.14. The Morgan fingerprint density at radius 2 is 2.21 bits per heavy atom. The van der Waals surface area contributed by atoms with Gasteiger partial charge in [0, 0.05) is 17.3 Å². The van der Waals surface area contributed by atoms with Crippen LogP contribution in [-0.4, -0.2) is 32.8 Å². The molecule has 1 aliphatic heterocycles. The van der Waals surface area contributed by atoms with E-state index < -0.39 is 5.97 Å². The molecular formula is C12H11KN2O2S2. The number of aliphatic carboxylic acids is 1. The second-order valence-corrected chi connectivity index (χ2v) is 6.12. The van der Waals surface area contributed by atoms with Crippen molar-refractivity contribution < 1.29 is 61.3 Å². The minimum Gasteiger partial charge on any atom is -0.549 e. The van der Waals surface area contributed by atoms with Crippen LogP contribution in [0.5, 0.6) is 0 Å². The first kappa shape index (κ1) is 15.9. The van der Waals surface area contributed by atoms with E-state index in [1.165, 1.54) is 11.8 Å². The Bertz CT molecular complexity index is 598. The van der Waals surface area contributed by atoms with Crippen LogP contribution in [0.3, 0.4) is 0 Å². The molecule has 19 heavy (non-hydrogen) atoms. The molecule has 1 aliphatic rings. The fourth-order valence-electron chi connectivity index (χ4n) is 1.97. The third kappa shape index (κ3) is 3.40. The van der Waals surface area contributed by atoms with Crippen LogP contribution < -0.4 is 56.5 Å². The van der Waals surface area contributed by atoms with Gasteiger partial charge in [0.05, 0.1) is 23.0 Å². The number of carbonyl (C=O) groups is 1. The van der Waals surface area contributed by atoms with E-state index in [1.54, 1.807) is 0 Å². The van der Waals surface area contributed by atoms with Crippen LogP contribution in [0.4, 0.5) is 0 Å². The first-order valence-electron chi connectivity index (χ1n) is 5.63. The third-order valence-corrected chi connectivity index (χ3v) is 5.04. The summed E-state index contributed by atoms with van der Waals surface area (Å²) in [5.41, 5.74) is 2.01. The van der Waals surface area contributed by atoms with Crippen LogP contribution in [-0.2, 0) is 4.79 Å². The van der Waals surface area contributed by atoms with Crippen molar-refractivity contribution in [2.24, 2.45) is 0 Å². The van der Waals surface area contributed by atoms with E-state index in [1.807, 2.05) is 36.0 Å². The van der Waals surface area contributed by atoms with E-state index in [0.717, 1.165) is 27.7 Å². The molecule has 0 saturated carbocycles. The monoisotopic (exact) mass is 318 g/mol. The maximum atomic E-state index is 10.6. The summed E-state index contributed by atoms with van der Waals surface area (Å²) in [5, 5.41) is 11.4. The molecule has 0 radical (unpaired) electrons. The predicted octanol–water partition coefficient (Wildman–Crippen LogP) is -1.83. The van der Waals surface area contributed by atoms with Gasteiger partial charge in [-0.05, 0) is 12.1 Å². The van der Waals surface area contributed by atoms with Crippen molar-refractivity contribution in [3.05, 3.63) is 24.3 Å². The van der Waals surface area contributed by atoms with Crippen LogP contribution in [0.15, 0.2) is 29.4 Å². The summed E-state index contributed by atoms with van der Waals surface area (Å²) in [4.78, 5) is 15.1. The van der Waals surface area contributed by atoms with Crippen molar-refractivity contribution in [2.45, 2.75) is 11.2 Å². The van der Waals surface area contributed by atoms with Crippen molar-refractivity contribution >= 4 is 40.5 Å². The van der Waals surface area contributed by atoms with Gasteiger partial charge in [0.15, 0.2) is 5.16 Å². The van der Waals surface area contributed by atoms with Gasteiger partial charge in [-0.15, -0.1) is 0 Å². The number of nitrogens with zero attached hydrogens (tertiary/aromatic N) is 2. The van der Waals surface area contributed by atoms with Crippen molar-refractivity contribution in [1.82, 2.24) is 9.55 Å². The average Bonchev–Trinajstić information content (AvgIpc) is 2.64. The van der Waals surface area contributed by atoms with Gasteiger partial charge in [-0.1, -0.05) is 23.9 Å². The van der Waals surface area contributed by atoms with E-state index in [0.29, 0.717) is 6.04 Å². The van der Waals surface area contributed by atoms with E-state index in [-0.39, 0.29) is 57.1 Å². The molecule has 0 atom stereocenters. The number of carbonyl (C=O) groups excluding carboxylic acids is 1. The number of aromatic nitrogens is 2. The van der Waals surface area contributed by atoms with Gasteiger partial charge in [0.25, 0.3) is 0 Å². The molecule has 1 fully saturated rings. The fraction of sp³-hybridized carbons (Fsp3) is 0.333. The molecule has 0 unspecified atom stereocenters. The van der Waals surface area contributed by atoms with Gasteiger partial charge in [-0.3, -0.25) is 0 Å². The number of imidazole rings is 1. The molecule has 7 heteroatoms. The Kier molecular flexibility index (Phi) is 5.83. The van der Waals surface area contributed by atoms with Crippen molar-refractivity contribution in [3.8, 4) is 0 Å². The molecule has 0 spiro atoms. The van der Waals surface area contributed by atoms with Crippen LogP contribution >= 0.6 is 23.5 Å². The Balaban J connectivity index is 0.00000133. The summed E-state index contributed by atoms with van der Waals surface area (Å²) in [5.74, 6) is 1.03. The van der Waals surface area contributed by atoms with Gasteiger partial charge in [0.2, 0.25) is 0 Å². The minimum atomic E-state index is -1.05. The van der Waals surface area contributed by atoms with Crippen LogP contribution in [0.2, 0.25) is 0 Å². The molecular weight excluding hydrogens is 307 g/mol. The number of fused-ring (bicyclic) bond motifs is 1. The van der Waals surface area contributed by atoms with Gasteiger partial charge >= 0.3 is 51.4 Å². The summed E-state index contributed by atoms with van der Waals surface area (Å²) in [6.07, 6.45) is 0. The summed E-state index contributed by atoms with van der Waals surface area (Å²) < 4.78 is 2.17. The van der Waals surface area contributed by atoms with E-state index in [9.17, 15) is 9.90 Å². The van der Waals surface area contributed by atoms with Crippen molar-refractivity contribution in [3.63, 3.8) is 0 Å². The molecule has 0 amide bonds. The summed E-state index contributed by atoms with van der Waals surface area (Å²) in [7, 11) is 0. The molecule has 3 rings (SSSR count). The first-order chi connectivity index (χ1) is 8.75. The van der Waals surface area contributed by atoms with Crippen LogP contribution in [0.1, 0.15) is 6.04 Å². The Morgan fingerprint density at radius 1 is 1.47 bits per heavy atom. The van der Waals surface area contributed by atoms with Crippen LogP contribution in [0.25, 0.3) is 11.0 Å². The number of hydrogen-bond acceptors (Lipinski definition) is 5. The zero-order valence-electron chi connectivity index (χ0n) is 10.5. The van der Waals surface area contributed by atoms with Gasteiger partial charge in [0.1, 0.15) is 0 Å². The number of benzene rings is 1. The largest absolute Gasteiger partial charge is 1.00 e. The maximum absolute atomic E-state index is 10.6. The number of hydrogen-bond donors (Lipinski definition) is 0. The molecule has 4 nitrogen and oxygen atoms in total. The number of carboxylic acid groups (broad SMARTS) is 1. The topological polar surface area (TPSA) is 57.9 Å². The van der Waals surface area contributed by atoms with Crippen LogP contribution in [0, 0.1) is 0 Å². The van der Waals surface area contributed by atoms with E-state index in [2.05, 4.69) is 9.55 Å². The Labute approximate surface area is 162 Å². The van der Waals surface area contributed by atoms with Crippen molar-refractivity contribution in [2.75, 3.05) is 17.3 Å². The van der Waals surface area contributed by atoms with Crippen molar-refractivity contribution in [1.29, 1.82) is 0 Å². The van der Waals surface area contributed by atoms with Gasteiger partial charge in [-0.25, -0.2) is 4.98 Å². The maximum Gasteiger partial charge on any atom is 1.00 e. The summed E-state index contributed by atoms with van der Waals surface area (Å²) in [6.45, 7) is 0. The molecule has 0 bridgehead atoms. The fourth-order valence-corrected chi connectivity index (χ4v) is 3.51. The second kappa shape index (κ2) is 6.97. The van der Waals surface area contributed by atoms with E-state index in [4.69, 9.17) is 0 Å². The predicted molar refractivity (Wildman–Crippen MR) is 71.8 cm³/mol. The zero-order chi connectivity index (χ0) is 12.5. The number of thioether (sulfide) groups is 2. The summed E-state index contributed by atoms with van der Waals surface area (Å²) in [6, 6.07) is 8.36. The average molecular weight is 318 g/mol. The molecule has 2 heterocycles. The molecule has 1 aromatic heterocycles. The minimum absolute atomic E-state index is 0. The quantitative estimate of drug-likeness (QED) is 0.490. The normalized spacial score (nSPS) is 14.9. The standard InChI is InChI=1S/C12H12N2O2S2.K/c15-11(16)7-18-12-13-9-3-1-2-4-10(9)14(12)8-5-17-6-8;/h1-4,8H,5-7H2,(H,15,16);/q;+1/p-1. The molecule has 94 valence electrons. The molecule has 2 aromatic rings. The first-order valence-corrected chi connectivity index (χ1v) is 7.77. The Hall–Kier alpha value is 0.496. The van der Waals surface area contributed by atoms with Gasteiger partial charge < -0.3 is 14.5 Å². The molecule has 0 N–H and O–H groups in total. The Morgan fingerprint density at radius 3 is 2.84 bits per heavy atom. The number of carboxylic acids is 1. The SMILES string of the molecule is O=C([O-])CSc1nc2ccccc2n1C1CSC1.[K+]. The van der Waals surface area contributed by atoms with Gasteiger partial charge in [-0.2, -0.15) is 11.8 Å². The second-order valence-electron chi connectivity index (χ2n) is 4.11. The molecule has 1 saturated heterocycles. The number of para-hydroxylation sites is 2. The third-order valence-electron chi connectivity index (χ3n) is 2.87. The molecule has 1 aromatic carbocycles. The number of rotatable bonds is 4. The zero-order valence-corrected chi connectivity index (χ0v) is 15.3. The smallest absolute Gasteiger partial charge is 0.549 e. The van der Waals surface area contributed by atoms with E-state index >= 15 is 0 Å².